The maximum Gasteiger partial charge on any atom is 0.329 e. The van der Waals surface area contributed by atoms with Crippen molar-refractivity contribution in [2.24, 2.45) is 0 Å². The zero-order valence-electron chi connectivity index (χ0n) is 9.44. The number of urea groups is 1. The number of rotatable bonds is 2. The summed E-state index contributed by atoms with van der Waals surface area (Å²) in [4.78, 5) is 24.1. The van der Waals surface area contributed by atoms with Gasteiger partial charge in [-0.25, -0.2) is 18.5 Å². The summed E-state index contributed by atoms with van der Waals surface area (Å²) in [5.74, 6) is -2.47. The zero-order chi connectivity index (χ0) is 13.3. The van der Waals surface area contributed by atoms with Gasteiger partial charge in [-0.2, -0.15) is 0 Å². The van der Waals surface area contributed by atoms with Crippen LogP contribution >= 0.6 is 0 Å². The fraction of sp³-hybridized carbons (Fsp3) is 0.273. The van der Waals surface area contributed by atoms with Crippen LogP contribution in [0.2, 0.25) is 0 Å². The van der Waals surface area contributed by atoms with Gasteiger partial charge in [-0.15, -0.1) is 0 Å². The largest absolute Gasteiger partial charge is 0.370 e. The Balaban J connectivity index is 2.40. The number of nitrogens with zero attached hydrogens (tertiary/aromatic N) is 1. The van der Waals surface area contributed by atoms with Crippen LogP contribution in [0.25, 0.3) is 0 Å². The molecule has 1 aromatic rings. The molecule has 1 N–H and O–H groups in total. The maximum atomic E-state index is 13.6. The Kier molecular flexibility index (Phi) is 3.24. The van der Waals surface area contributed by atoms with Crippen molar-refractivity contribution in [3.63, 3.8) is 0 Å². The molecule has 18 heavy (non-hydrogen) atoms. The lowest BCUT2D eigenvalue weighted by Crippen LogP contribution is -2.58. The van der Waals surface area contributed by atoms with Crippen LogP contribution < -0.4 is 10.2 Å². The number of nitrogens with one attached hydrogen (secondary N) is 1. The molecule has 0 bridgehead atoms. The fourth-order valence-corrected chi connectivity index (χ4v) is 1.67. The molecule has 0 aliphatic carbocycles. The molecule has 1 fully saturated rings. The highest BCUT2D eigenvalue weighted by Gasteiger charge is 2.36. The minimum atomic E-state index is -0.991. The van der Waals surface area contributed by atoms with E-state index in [-0.39, 0.29) is 12.2 Å². The lowest BCUT2D eigenvalue weighted by molar-refractivity contribution is -0.128. The molecule has 1 aromatic carbocycles. The number of ether oxygens (including phenoxy) is 1. The molecule has 3 amide bonds. The van der Waals surface area contributed by atoms with Crippen molar-refractivity contribution in [3.8, 4) is 0 Å². The molecule has 2 rings (SSSR count). The summed E-state index contributed by atoms with van der Waals surface area (Å²) in [7, 11) is 1.30. The van der Waals surface area contributed by atoms with Gasteiger partial charge in [-0.3, -0.25) is 4.79 Å². The Morgan fingerprint density at radius 2 is 2.11 bits per heavy atom. The van der Waals surface area contributed by atoms with Gasteiger partial charge in [-0.1, -0.05) is 0 Å². The number of amides is 3. The molecule has 7 heteroatoms. The Morgan fingerprint density at radius 3 is 2.72 bits per heavy atom. The van der Waals surface area contributed by atoms with Gasteiger partial charge in [0, 0.05) is 13.2 Å². The SMILES string of the molecule is COC1CNC(=O)N(c2ccc(F)cc2F)C1=O. The average molecular weight is 256 g/mol. The Labute approximate surface area is 101 Å². The van der Waals surface area contributed by atoms with Crippen LogP contribution in [0.4, 0.5) is 19.3 Å². The summed E-state index contributed by atoms with van der Waals surface area (Å²) < 4.78 is 31.2. The average Bonchev–Trinajstić information content (AvgIpc) is 2.32. The van der Waals surface area contributed by atoms with Crippen molar-refractivity contribution in [3.05, 3.63) is 29.8 Å². The highest BCUT2D eigenvalue weighted by Crippen LogP contribution is 2.23. The maximum absolute atomic E-state index is 13.6. The number of benzene rings is 1. The van der Waals surface area contributed by atoms with E-state index < -0.39 is 29.7 Å². The molecular formula is C11H10F2N2O3. The monoisotopic (exact) mass is 256 g/mol. The van der Waals surface area contributed by atoms with Gasteiger partial charge in [0.1, 0.15) is 11.6 Å². The minimum absolute atomic E-state index is 0.0213. The lowest BCUT2D eigenvalue weighted by atomic mass is 10.2. The first kappa shape index (κ1) is 12.4. The summed E-state index contributed by atoms with van der Waals surface area (Å²) in [6, 6.07) is 1.83. The summed E-state index contributed by atoms with van der Waals surface area (Å²) in [5.41, 5.74) is -0.305. The molecule has 5 nitrogen and oxygen atoms in total. The van der Waals surface area contributed by atoms with E-state index in [0.29, 0.717) is 11.0 Å². The van der Waals surface area contributed by atoms with Gasteiger partial charge >= 0.3 is 6.03 Å². The molecule has 0 spiro atoms. The number of hydrogen-bond acceptors (Lipinski definition) is 3. The second-order valence-electron chi connectivity index (χ2n) is 3.68. The summed E-state index contributed by atoms with van der Waals surface area (Å²) in [6.45, 7) is 0.0213. The van der Waals surface area contributed by atoms with E-state index in [4.69, 9.17) is 4.74 Å². The van der Waals surface area contributed by atoms with Crippen molar-refractivity contribution in [2.75, 3.05) is 18.6 Å². The highest BCUT2D eigenvalue weighted by molar-refractivity contribution is 6.17. The van der Waals surface area contributed by atoms with Crippen molar-refractivity contribution < 1.29 is 23.1 Å². The van der Waals surface area contributed by atoms with E-state index in [2.05, 4.69) is 5.32 Å². The zero-order valence-corrected chi connectivity index (χ0v) is 9.44. The molecule has 1 unspecified atom stereocenters. The second-order valence-corrected chi connectivity index (χ2v) is 3.68. The van der Waals surface area contributed by atoms with Gasteiger partial charge in [-0.05, 0) is 12.1 Å². The van der Waals surface area contributed by atoms with Crippen molar-refractivity contribution >= 4 is 17.6 Å². The topological polar surface area (TPSA) is 58.6 Å². The van der Waals surface area contributed by atoms with Gasteiger partial charge < -0.3 is 10.1 Å². The number of hydrogen-bond donors (Lipinski definition) is 1. The molecule has 1 saturated heterocycles. The number of anilines is 1. The number of methoxy groups -OCH3 is 1. The summed E-state index contributed by atoms with van der Waals surface area (Å²) >= 11 is 0. The first-order valence-corrected chi connectivity index (χ1v) is 5.14. The van der Waals surface area contributed by atoms with E-state index in [1.54, 1.807) is 0 Å². The van der Waals surface area contributed by atoms with Gasteiger partial charge in [0.25, 0.3) is 5.91 Å². The van der Waals surface area contributed by atoms with Gasteiger partial charge in [0.2, 0.25) is 0 Å². The first-order chi connectivity index (χ1) is 8.54. The van der Waals surface area contributed by atoms with E-state index in [9.17, 15) is 18.4 Å². The standard InChI is InChI=1S/C11H10F2N2O3/c1-18-9-5-14-11(17)15(10(9)16)8-3-2-6(12)4-7(8)13/h2-4,9H,5H2,1H3,(H,14,17). The smallest absolute Gasteiger partial charge is 0.329 e. The minimum Gasteiger partial charge on any atom is -0.370 e. The normalized spacial score (nSPS) is 19.9. The van der Waals surface area contributed by atoms with Crippen LogP contribution in [0, 0.1) is 11.6 Å². The van der Waals surface area contributed by atoms with E-state index in [1.807, 2.05) is 0 Å². The van der Waals surface area contributed by atoms with Crippen LogP contribution in [0.15, 0.2) is 18.2 Å². The van der Waals surface area contributed by atoms with E-state index >= 15 is 0 Å². The molecule has 96 valence electrons. The van der Waals surface area contributed by atoms with E-state index in [1.165, 1.54) is 7.11 Å². The molecule has 1 atom stereocenters. The quantitative estimate of drug-likeness (QED) is 0.860. The number of halogens is 2. The summed E-state index contributed by atoms with van der Waals surface area (Å²) in [5, 5.41) is 2.38. The molecule has 1 aliphatic heterocycles. The molecular weight excluding hydrogens is 246 g/mol. The van der Waals surface area contributed by atoms with Crippen LogP contribution in [0.3, 0.4) is 0 Å². The molecule has 0 aromatic heterocycles. The molecule has 1 aliphatic rings. The Morgan fingerprint density at radius 1 is 1.39 bits per heavy atom. The van der Waals surface area contributed by atoms with Gasteiger partial charge in [0.05, 0.1) is 12.2 Å². The third-order valence-electron chi connectivity index (χ3n) is 2.57. The number of imide groups is 1. The highest BCUT2D eigenvalue weighted by atomic mass is 19.1. The van der Waals surface area contributed by atoms with E-state index in [0.717, 1.165) is 12.1 Å². The third kappa shape index (κ3) is 2.04. The number of carbonyl (C=O) groups is 2. The number of carbonyl (C=O) groups excluding carboxylic acids is 2. The predicted octanol–water partition coefficient (Wildman–Crippen LogP) is 1.04. The molecule has 0 radical (unpaired) electrons. The van der Waals surface area contributed by atoms with Crippen molar-refractivity contribution in [1.82, 2.24) is 5.32 Å². The van der Waals surface area contributed by atoms with Crippen LogP contribution in [0.5, 0.6) is 0 Å². The second kappa shape index (κ2) is 4.69. The predicted molar refractivity (Wildman–Crippen MR) is 58.0 cm³/mol. The van der Waals surface area contributed by atoms with Crippen molar-refractivity contribution in [1.29, 1.82) is 0 Å². The van der Waals surface area contributed by atoms with Crippen LogP contribution in [-0.4, -0.2) is 31.7 Å². The summed E-state index contributed by atoms with van der Waals surface area (Å²) in [6.07, 6.45) is -0.882. The molecule has 0 saturated carbocycles. The van der Waals surface area contributed by atoms with Crippen LogP contribution in [-0.2, 0) is 9.53 Å². The Hall–Kier alpha value is -2.02. The van der Waals surface area contributed by atoms with Crippen LogP contribution in [0.1, 0.15) is 0 Å². The molecule has 1 heterocycles. The third-order valence-corrected chi connectivity index (χ3v) is 2.57. The first-order valence-electron chi connectivity index (χ1n) is 5.14. The Bertz CT molecular complexity index is 507. The van der Waals surface area contributed by atoms with Gasteiger partial charge in [0.15, 0.2) is 6.10 Å². The van der Waals surface area contributed by atoms with Crippen molar-refractivity contribution in [2.45, 2.75) is 6.10 Å². The lowest BCUT2D eigenvalue weighted by Gasteiger charge is -2.30. The fourth-order valence-electron chi connectivity index (χ4n) is 1.67.